The Kier molecular flexibility index (Phi) is 5.00. The Bertz CT molecular complexity index is 839. The van der Waals surface area contributed by atoms with Gasteiger partial charge in [-0.15, -0.1) is 0 Å². The van der Waals surface area contributed by atoms with Gasteiger partial charge in [0, 0.05) is 51.7 Å². The Morgan fingerprint density at radius 2 is 1.46 bits per heavy atom. The summed E-state index contributed by atoms with van der Waals surface area (Å²) >= 11 is 0. The lowest BCUT2D eigenvalue weighted by Crippen LogP contribution is -2.45. The van der Waals surface area contributed by atoms with Crippen LogP contribution in [-0.2, 0) is 13.1 Å². The first kappa shape index (κ1) is 16.8. The van der Waals surface area contributed by atoms with Crippen molar-refractivity contribution in [1.29, 1.82) is 0 Å². The maximum atomic E-state index is 9.61. The van der Waals surface area contributed by atoms with Gasteiger partial charge < -0.3 is 5.11 Å². The van der Waals surface area contributed by atoms with E-state index >= 15 is 0 Å². The van der Waals surface area contributed by atoms with Crippen molar-refractivity contribution in [3.63, 3.8) is 0 Å². The minimum atomic E-state index is 0.346. The zero-order valence-electron chi connectivity index (χ0n) is 14.8. The fourth-order valence-corrected chi connectivity index (χ4v) is 3.50. The van der Waals surface area contributed by atoms with Crippen molar-refractivity contribution in [2.75, 3.05) is 26.2 Å². The van der Waals surface area contributed by atoms with Gasteiger partial charge in [0.1, 0.15) is 5.75 Å². The van der Waals surface area contributed by atoms with Crippen LogP contribution >= 0.6 is 0 Å². The van der Waals surface area contributed by atoms with Crippen LogP contribution in [0.5, 0.6) is 5.75 Å². The number of hydrogen-bond donors (Lipinski definition) is 1. The van der Waals surface area contributed by atoms with Crippen molar-refractivity contribution >= 4 is 0 Å². The summed E-state index contributed by atoms with van der Waals surface area (Å²) in [6.45, 7) is 6.09. The molecule has 4 rings (SSSR count). The molecule has 0 atom stereocenters. The summed E-state index contributed by atoms with van der Waals surface area (Å²) in [5, 5.41) is 13.9. The maximum absolute atomic E-state index is 9.61. The van der Waals surface area contributed by atoms with E-state index in [2.05, 4.69) is 45.2 Å². The highest BCUT2D eigenvalue weighted by Crippen LogP contribution is 2.16. The van der Waals surface area contributed by atoms with Crippen molar-refractivity contribution in [1.82, 2.24) is 19.6 Å². The van der Waals surface area contributed by atoms with E-state index in [0.717, 1.165) is 45.0 Å². The van der Waals surface area contributed by atoms with Gasteiger partial charge in [0.15, 0.2) is 0 Å². The summed E-state index contributed by atoms with van der Waals surface area (Å²) in [5.74, 6) is 0.346. The lowest BCUT2D eigenvalue weighted by atomic mass is 10.1. The van der Waals surface area contributed by atoms with E-state index in [0.29, 0.717) is 5.75 Å². The van der Waals surface area contributed by atoms with Crippen LogP contribution in [0, 0.1) is 0 Å². The Hall–Kier alpha value is -2.63. The lowest BCUT2D eigenvalue weighted by Gasteiger charge is -2.34. The van der Waals surface area contributed by atoms with Crippen LogP contribution in [0.2, 0.25) is 0 Å². The predicted octanol–water partition coefficient (Wildman–Crippen LogP) is 2.90. The zero-order chi connectivity index (χ0) is 17.8. The molecular formula is C21H24N4O. The molecule has 0 radical (unpaired) electrons. The van der Waals surface area contributed by atoms with E-state index < -0.39 is 0 Å². The Morgan fingerprint density at radius 1 is 0.808 bits per heavy atom. The number of phenols is 1. The van der Waals surface area contributed by atoms with Gasteiger partial charge in [-0.05, 0) is 41.5 Å². The molecule has 134 valence electrons. The molecule has 1 N–H and O–H groups in total. The molecular weight excluding hydrogens is 324 g/mol. The highest BCUT2D eigenvalue weighted by atomic mass is 16.3. The molecule has 0 saturated carbocycles. The highest BCUT2D eigenvalue weighted by molar-refractivity contribution is 5.35. The first-order chi connectivity index (χ1) is 12.8. The second-order valence-electron chi connectivity index (χ2n) is 6.84. The number of rotatable bonds is 5. The predicted molar refractivity (Wildman–Crippen MR) is 102 cm³/mol. The normalized spacial score (nSPS) is 16.0. The average molecular weight is 348 g/mol. The molecule has 5 nitrogen and oxygen atoms in total. The smallest absolute Gasteiger partial charge is 0.115 e. The SMILES string of the molecule is Oc1cccc(CN2CCN(Cc3cccc(-n4cccn4)c3)CC2)c1. The highest BCUT2D eigenvalue weighted by Gasteiger charge is 2.17. The minimum absolute atomic E-state index is 0.346. The Morgan fingerprint density at radius 3 is 2.08 bits per heavy atom. The van der Waals surface area contributed by atoms with Crippen molar-refractivity contribution < 1.29 is 5.11 Å². The standard InChI is InChI=1S/C21H24N4O/c26-21-7-2-5-19(15-21)17-24-12-10-23(11-13-24)16-18-4-1-6-20(14-18)25-9-3-8-22-25/h1-9,14-15,26H,10-13,16-17H2. The Labute approximate surface area is 154 Å². The summed E-state index contributed by atoms with van der Waals surface area (Å²) in [7, 11) is 0. The number of benzene rings is 2. The van der Waals surface area contributed by atoms with E-state index in [-0.39, 0.29) is 0 Å². The number of aromatic nitrogens is 2. The third kappa shape index (κ3) is 4.12. The van der Waals surface area contributed by atoms with E-state index in [1.807, 2.05) is 29.1 Å². The van der Waals surface area contributed by atoms with Gasteiger partial charge in [0.05, 0.1) is 5.69 Å². The fourth-order valence-electron chi connectivity index (χ4n) is 3.50. The summed E-state index contributed by atoms with van der Waals surface area (Å²) in [4.78, 5) is 4.95. The second-order valence-corrected chi connectivity index (χ2v) is 6.84. The monoisotopic (exact) mass is 348 g/mol. The van der Waals surface area contributed by atoms with Crippen molar-refractivity contribution in [2.45, 2.75) is 13.1 Å². The van der Waals surface area contributed by atoms with E-state index in [1.165, 1.54) is 11.1 Å². The third-order valence-electron chi connectivity index (χ3n) is 4.87. The van der Waals surface area contributed by atoms with Gasteiger partial charge in [-0.1, -0.05) is 24.3 Å². The van der Waals surface area contributed by atoms with Gasteiger partial charge in [-0.25, -0.2) is 4.68 Å². The molecule has 2 heterocycles. The molecule has 0 aliphatic carbocycles. The largest absolute Gasteiger partial charge is 0.508 e. The zero-order valence-corrected chi connectivity index (χ0v) is 14.8. The molecule has 0 amide bonds. The van der Waals surface area contributed by atoms with Crippen LogP contribution in [0.4, 0.5) is 0 Å². The second kappa shape index (κ2) is 7.72. The molecule has 0 spiro atoms. The van der Waals surface area contributed by atoms with Crippen LogP contribution in [0.15, 0.2) is 67.0 Å². The Balaban J connectivity index is 1.32. The van der Waals surface area contributed by atoms with Crippen LogP contribution in [0.1, 0.15) is 11.1 Å². The molecule has 3 aromatic rings. The van der Waals surface area contributed by atoms with Gasteiger partial charge in [0.25, 0.3) is 0 Å². The van der Waals surface area contributed by atoms with Crippen molar-refractivity contribution in [3.05, 3.63) is 78.1 Å². The lowest BCUT2D eigenvalue weighted by molar-refractivity contribution is 0.122. The fraction of sp³-hybridized carbons (Fsp3) is 0.286. The molecule has 1 aliphatic rings. The maximum Gasteiger partial charge on any atom is 0.115 e. The number of hydrogen-bond acceptors (Lipinski definition) is 4. The van der Waals surface area contributed by atoms with Gasteiger partial charge >= 0.3 is 0 Å². The van der Waals surface area contributed by atoms with E-state index in [9.17, 15) is 5.11 Å². The average Bonchev–Trinajstić information content (AvgIpc) is 3.19. The quantitative estimate of drug-likeness (QED) is 0.770. The van der Waals surface area contributed by atoms with Crippen molar-refractivity contribution in [2.24, 2.45) is 0 Å². The van der Waals surface area contributed by atoms with E-state index in [4.69, 9.17) is 0 Å². The molecule has 0 bridgehead atoms. The third-order valence-corrected chi connectivity index (χ3v) is 4.87. The minimum Gasteiger partial charge on any atom is -0.508 e. The van der Waals surface area contributed by atoms with Gasteiger partial charge in [-0.2, -0.15) is 5.10 Å². The molecule has 1 fully saturated rings. The number of nitrogens with zero attached hydrogens (tertiary/aromatic N) is 4. The topological polar surface area (TPSA) is 44.5 Å². The molecule has 0 unspecified atom stereocenters. The number of piperazine rings is 1. The molecule has 5 heteroatoms. The first-order valence-electron chi connectivity index (χ1n) is 9.08. The van der Waals surface area contributed by atoms with Crippen molar-refractivity contribution in [3.8, 4) is 11.4 Å². The molecule has 2 aromatic carbocycles. The summed E-state index contributed by atoms with van der Waals surface area (Å²) < 4.78 is 1.90. The molecule has 1 aliphatic heterocycles. The van der Waals surface area contributed by atoms with Crippen LogP contribution in [-0.4, -0.2) is 50.9 Å². The molecule has 1 saturated heterocycles. The summed E-state index contributed by atoms with van der Waals surface area (Å²) in [5.41, 5.74) is 3.60. The van der Waals surface area contributed by atoms with Crippen LogP contribution in [0.3, 0.4) is 0 Å². The number of aromatic hydroxyl groups is 1. The van der Waals surface area contributed by atoms with Crippen LogP contribution in [0.25, 0.3) is 5.69 Å². The molecule has 26 heavy (non-hydrogen) atoms. The van der Waals surface area contributed by atoms with Gasteiger partial charge in [-0.3, -0.25) is 9.80 Å². The summed E-state index contributed by atoms with van der Waals surface area (Å²) in [6.07, 6.45) is 3.78. The molecule has 1 aromatic heterocycles. The van der Waals surface area contributed by atoms with Crippen LogP contribution < -0.4 is 0 Å². The number of phenolic OH excluding ortho intramolecular Hbond substituents is 1. The summed E-state index contributed by atoms with van der Waals surface area (Å²) in [6, 6.07) is 18.1. The van der Waals surface area contributed by atoms with Gasteiger partial charge in [0.2, 0.25) is 0 Å². The first-order valence-corrected chi connectivity index (χ1v) is 9.08. The van der Waals surface area contributed by atoms with E-state index in [1.54, 1.807) is 12.3 Å².